The normalized spacial score (nSPS) is 19.9. The lowest BCUT2D eigenvalue weighted by Crippen LogP contribution is -2.40. The number of nitrogens with one attached hydrogen (secondary N) is 1. The minimum atomic E-state index is -0.827. The van der Waals surface area contributed by atoms with Crippen LogP contribution in [-0.2, 0) is 14.3 Å². The lowest BCUT2D eigenvalue weighted by atomic mass is 9.82. The zero-order chi connectivity index (χ0) is 24.4. The van der Waals surface area contributed by atoms with Gasteiger partial charge in [0.15, 0.2) is 6.10 Å². The average molecular weight is 458 g/mol. The average Bonchev–Trinajstić information content (AvgIpc) is 2.71. The number of nitrogens with zero attached hydrogens (tertiary/aromatic N) is 2. The van der Waals surface area contributed by atoms with Crippen LogP contribution in [0.1, 0.15) is 90.7 Å². The van der Waals surface area contributed by atoms with Gasteiger partial charge in [-0.1, -0.05) is 19.9 Å². The van der Waals surface area contributed by atoms with Gasteiger partial charge in [-0.25, -0.2) is 4.79 Å². The minimum absolute atomic E-state index is 0.216. The number of ether oxygens (including phenoxy) is 2. The number of carbonyl (C=O) groups is 1. The van der Waals surface area contributed by atoms with Crippen LogP contribution in [0.4, 0.5) is 5.69 Å². The molecule has 0 spiro atoms. The summed E-state index contributed by atoms with van der Waals surface area (Å²) in [6.07, 6.45) is 6.36. The van der Waals surface area contributed by atoms with Crippen LogP contribution in [0.2, 0.25) is 0 Å². The van der Waals surface area contributed by atoms with Gasteiger partial charge < -0.3 is 19.7 Å². The largest absolute Gasteiger partial charge is 0.461 e. The summed E-state index contributed by atoms with van der Waals surface area (Å²) in [5.41, 5.74) is 4.99. The summed E-state index contributed by atoms with van der Waals surface area (Å²) in [6.45, 7) is 20.0. The quantitative estimate of drug-likeness (QED) is 0.592. The maximum absolute atomic E-state index is 13.4. The predicted octanol–water partition coefficient (Wildman–Crippen LogP) is 5.20. The van der Waals surface area contributed by atoms with E-state index in [1.54, 1.807) is 0 Å². The van der Waals surface area contributed by atoms with E-state index in [1.807, 2.05) is 47.7 Å². The molecule has 0 saturated carbocycles. The van der Waals surface area contributed by atoms with Crippen LogP contribution >= 0.6 is 0 Å². The highest BCUT2D eigenvalue weighted by Gasteiger charge is 2.37. The standard InChI is InChI=1S/C27H43N3O3/c1-18(2)32-25(31)24(33-26(4,5)6)22-19(3)29-17-21(20-9-13-28-14-10-20)23(22)30-15-11-27(7,8)12-16-30/h9,17-18,24,28H,10-16H2,1-8H3. The van der Waals surface area contributed by atoms with Gasteiger partial charge in [0.2, 0.25) is 0 Å². The maximum atomic E-state index is 13.4. The van der Waals surface area contributed by atoms with Crippen molar-refractivity contribution < 1.29 is 14.3 Å². The Morgan fingerprint density at radius 3 is 2.42 bits per heavy atom. The van der Waals surface area contributed by atoms with E-state index in [1.165, 1.54) is 5.57 Å². The minimum Gasteiger partial charge on any atom is -0.461 e. The number of anilines is 1. The van der Waals surface area contributed by atoms with Gasteiger partial charge in [-0.2, -0.15) is 0 Å². The molecule has 1 unspecified atom stereocenters. The fourth-order valence-electron chi connectivity index (χ4n) is 4.57. The summed E-state index contributed by atoms with van der Waals surface area (Å²) in [7, 11) is 0. The molecule has 0 amide bonds. The van der Waals surface area contributed by atoms with Crippen molar-refractivity contribution in [3.63, 3.8) is 0 Å². The number of pyridine rings is 1. The Balaban J connectivity index is 2.18. The second-order valence-corrected chi connectivity index (χ2v) is 11.5. The molecule has 1 saturated heterocycles. The third-order valence-electron chi connectivity index (χ3n) is 6.43. The molecule has 0 bridgehead atoms. The van der Waals surface area contributed by atoms with E-state index < -0.39 is 11.7 Å². The molecule has 1 N–H and O–H groups in total. The molecule has 1 aromatic heterocycles. The van der Waals surface area contributed by atoms with Crippen LogP contribution in [0.5, 0.6) is 0 Å². The van der Waals surface area contributed by atoms with E-state index in [9.17, 15) is 4.79 Å². The maximum Gasteiger partial charge on any atom is 0.340 e. The number of rotatable bonds is 6. The Kier molecular flexibility index (Phi) is 7.90. The molecule has 1 fully saturated rings. The molecular weight excluding hydrogens is 414 g/mol. The molecule has 2 aliphatic heterocycles. The number of esters is 1. The van der Waals surface area contributed by atoms with E-state index in [0.29, 0.717) is 5.41 Å². The highest BCUT2D eigenvalue weighted by molar-refractivity contribution is 5.85. The smallest absolute Gasteiger partial charge is 0.340 e. The summed E-state index contributed by atoms with van der Waals surface area (Å²) in [6, 6.07) is 0. The van der Waals surface area contributed by atoms with Gasteiger partial charge in [0, 0.05) is 42.7 Å². The molecule has 2 aliphatic rings. The molecule has 184 valence electrons. The van der Waals surface area contributed by atoms with Gasteiger partial charge in [-0.15, -0.1) is 0 Å². The molecule has 0 aliphatic carbocycles. The third-order valence-corrected chi connectivity index (χ3v) is 6.43. The Labute approximate surface area is 200 Å². The van der Waals surface area contributed by atoms with Gasteiger partial charge in [0.25, 0.3) is 0 Å². The molecule has 1 atom stereocenters. The van der Waals surface area contributed by atoms with Gasteiger partial charge in [-0.3, -0.25) is 4.98 Å². The van der Waals surface area contributed by atoms with Crippen molar-refractivity contribution in [2.45, 2.75) is 92.5 Å². The topological polar surface area (TPSA) is 63.7 Å². The first kappa shape index (κ1) is 25.7. The van der Waals surface area contributed by atoms with Gasteiger partial charge in [0.1, 0.15) is 0 Å². The van der Waals surface area contributed by atoms with Gasteiger partial charge in [-0.05, 0) is 78.3 Å². The van der Waals surface area contributed by atoms with Crippen LogP contribution in [0, 0.1) is 12.3 Å². The van der Waals surface area contributed by atoms with E-state index in [2.05, 4.69) is 30.1 Å². The van der Waals surface area contributed by atoms with Crippen molar-refractivity contribution in [2.24, 2.45) is 5.41 Å². The van der Waals surface area contributed by atoms with Crippen molar-refractivity contribution in [3.05, 3.63) is 29.1 Å². The van der Waals surface area contributed by atoms with Crippen molar-refractivity contribution in [1.29, 1.82) is 0 Å². The summed E-state index contributed by atoms with van der Waals surface area (Å²) in [5.74, 6) is -0.347. The predicted molar refractivity (Wildman–Crippen MR) is 134 cm³/mol. The number of aromatic nitrogens is 1. The molecule has 3 rings (SSSR count). The second-order valence-electron chi connectivity index (χ2n) is 11.5. The lowest BCUT2D eigenvalue weighted by Gasteiger charge is -2.41. The molecule has 6 heteroatoms. The Morgan fingerprint density at radius 1 is 1.21 bits per heavy atom. The highest BCUT2D eigenvalue weighted by Crippen LogP contribution is 2.43. The van der Waals surface area contributed by atoms with E-state index in [4.69, 9.17) is 14.5 Å². The van der Waals surface area contributed by atoms with Crippen LogP contribution in [0.25, 0.3) is 5.57 Å². The molecule has 6 nitrogen and oxygen atoms in total. The van der Waals surface area contributed by atoms with Crippen molar-refractivity contribution in [3.8, 4) is 0 Å². The molecule has 0 radical (unpaired) electrons. The molecule has 33 heavy (non-hydrogen) atoms. The molecule has 0 aromatic carbocycles. The summed E-state index contributed by atoms with van der Waals surface area (Å²) in [4.78, 5) is 20.6. The Bertz CT molecular complexity index is 873. The van der Waals surface area contributed by atoms with Gasteiger partial charge >= 0.3 is 5.97 Å². The van der Waals surface area contributed by atoms with E-state index in [-0.39, 0.29) is 12.1 Å². The van der Waals surface area contributed by atoms with E-state index in [0.717, 1.165) is 67.9 Å². The van der Waals surface area contributed by atoms with Crippen molar-refractivity contribution >= 4 is 17.2 Å². The Hall–Kier alpha value is -1.92. The van der Waals surface area contributed by atoms with Crippen LogP contribution in [0.15, 0.2) is 12.3 Å². The van der Waals surface area contributed by atoms with Crippen LogP contribution < -0.4 is 10.2 Å². The molecule has 3 heterocycles. The number of aryl methyl sites for hydroxylation is 1. The number of piperidine rings is 1. The first-order valence-corrected chi connectivity index (χ1v) is 12.4. The van der Waals surface area contributed by atoms with Crippen molar-refractivity contribution in [1.82, 2.24) is 10.3 Å². The number of hydrogen-bond donors (Lipinski definition) is 1. The summed E-state index contributed by atoms with van der Waals surface area (Å²) >= 11 is 0. The zero-order valence-electron chi connectivity index (χ0n) is 21.9. The van der Waals surface area contributed by atoms with E-state index >= 15 is 0 Å². The Morgan fingerprint density at radius 2 is 1.88 bits per heavy atom. The second kappa shape index (κ2) is 10.1. The molecular formula is C27H43N3O3. The SMILES string of the molecule is Cc1ncc(C2=CCNCC2)c(N2CCC(C)(C)CC2)c1C(OC(C)(C)C)C(=O)OC(C)C. The highest BCUT2D eigenvalue weighted by atomic mass is 16.6. The summed E-state index contributed by atoms with van der Waals surface area (Å²) in [5, 5.41) is 3.40. The van der Waals surface area contributed by atoms with Crippen LogP contribution in [0.3, 0.4) is 0 Å². The molecule has 1 aromatic rings. The number of carbonyl (C=O) groups excluding carboxylic acids is 1. The third kappa shape index (κ3) is 6.57. The zero-order valence-corrected chi connectivity index (χ0v) is 21.9. The first-order valence-electron chi connectivity index (χ1n) is 12.4. The van der Waals surface area contributed by atoms with Gasteiger partial charge in [0.05, 0.1) is 17.4 Å². The van der Waals surface area contributed by atoms with Crippen LogP contribution in [-0.4, -0.2) is 48.8 Å². The van der Waals surface area contributed by atoms with Crippen molar-refractivity contribution in [2.75, 3.05) is 31.1 Å². The number of hydrogen-bond acceptors (Lipinski definition) is 6. The fourth-order valence-corrected chi connectivity index (χ4v) is 4.57. The monoisotopic (exact) mass is 457 g/mol. The lowest BCUT2D eigenvalue weighted by molar-refractivity contribution is -0.171. The fraction of sp³-hybridized carbons (Fsp3) is 0.704. The first-order chi connectivity index (χ1) is 15.4. The summed E-state index contributed by atoms with van der Waals surface area (Å²) < 4.78 is 12.1.